The molecule has 1 amide bonds. The maximum Gasteiger partial charge on any atom is 0.270 e. The zero-order valence-corrected chi connectivity index (χ0v) is 13.7. The molecule has 2 N–H and O–H groups in total. The fraction of sp³-hybridized carbons (Fsp3) is 0.267. The summed E-state index contributed by atoms with van der Waals surface area (Å²) in [5, 5.41) is 6.93. The van der Waals surface area contributed by atoms with Gasteiger partial charge in [0.1, 0.15) is 17.8 Å². The van der Waals surface area contributed by atoms with Crippen LogP contribution in [0.1, 0.15) is 30.8 Å². The smallest absolute Gasteiger partial charge is 0.270 e. The number of nitrogens with one attached hydrogen (secondary N) is 2. The van der Waals surface area contributed by atoms with Crippen LogP contribution < -0.4 is 10.6 Å². The maximum atomic E-state index is 12.1. The molecule has 0 saturated heterocycles. The molecule has 0 radical (unpaired) electrons. The van der Waals surface area contributed by atoms with Gasteiger partial charge in [-0.15, -0.1) is 0 Å². The number of hydrogen-bond acceptors (Lipinski definition) is 4. The van der Waals surface area contributed by atoms with Crippen LogP contribution >= 0.6 is 23.2 Å². The number of aromatic nitrogens is 2. The largest absolute Gasteiger partial charge is 0.348 e. The number of carbonyl (C=O) groups excluding carboxylic acids is 1. The van der Waals surface area contributed by atoms with Gasteiger partial charge in [-0.2, -0.15) is 0 Å². The summed E-state index contributed by atoms with van der Waals surface area (Å²) in [6, 6.07) is 6.74. The van der Waals surface area contributed by atoms with Crippen molar-refractivity contribution in [3.05, 3.63) is 46.3 Å². The Hall–Kier alpha value is -1.85. The van der Waals surface area contributed by atoms with E-state index < -0.39 is 0 Å². The lowest BCUT2D eigenvalue weighted by Gasteiger charge is -2.11. The third-order valence-corrected chi connectivity index (χ3v) is 3.46. The van der Waals surface area contributed by atoms with Crippen LogP contribution in [0.2, 0.25) is 10.0 Å². The van der Waals surface area contributed by atoms with Crippen molar-refractivity contribution in [3.63, 3.8) is 0 Å². The first-order valence-corrected chi connectivity index (χ1v) is 7.59. The van der Waals surface area contributed by atoms with Crippen LogP contribution in [0.15, 0.2) is 30.6 Å². The Bertz CT molecular complexity index is 658. The van der Waals surface area contributed by atoms with Gasteiger partial charge < -0.3 is 10.6 Å². The molecular formula is C15H16Cl2N4O. The van der Waals surface area contributed by atoms with Gasteiger partial charge in [0.05, 0.1) is 0 Å². The van der Waals surface area contributed by atoms with Crippen LogP contribution in [0.5, 0.6) is 0 Å². The molecule has 0 bridgehead atoms. The Balaban J connectivity index is 2.16. The van der Waals surface area contributed by atoms with E-state index in [-0.39, 0.29) is 11.9 Å². The zero-order valence-electron chi connectivity index (χ0n) is 12.2. The summed E-state index contributed by atoms with van der Waals surface area (Å²) in [6.07, 6.45) is 2.18. The SMILES string of the molecule is CCC(C)NC(=O)c1cc(Nc2cc(Cl)cc(Cl)c2)ncn1. The molecule has 1 unspecified atom stereocenters. The fourth-order valence-corrected chi connectivity index (χ4v) is 2.25. The van der Waals surface area contributed by atoms with Gasteiger partial charge in [-0.1, -0.05) is 30.1 Å². The molecule has 1 heterocycles. The fourth-order valence-electron chi connectivity index (χ4n) is 1.72. The van der Waals surface area contributed by atoms with E-state index >= 15 is 0 Å². The lowest BCUT2D eigenvalue weighted by molar-refractivity contribution is 0.0934. The first-order valence-electron chi connectivity index (χ1n) is 6.84. The van der Waals surface area contributed by atoms with E-state index in [1.54, 1.807) is 24.3 Å². The molecule has 116 valence electrons. The third kappa shape index (κ3) is 4.58. The Morgan fingerprint density at radius 2 is 1.86 bits per heavy atom. The van der Waals surface area contributed by atoms with Gasteiger partial charge in [-0.25, -0.2) is 9.97 Å². The van der Waals surface area contributed by atoms with Crippen LogP contribution in [0.25, 0.3) is 0 Å². The monoisotopic (exact) mass is 338 g/mol. The van der Waals surface area contributed by atoms with E-state index in [2.05, 4.69) is 20.6 Å². The summed E-state index contributed by atoms with van der Waals surface area (Å²) in [4.78, 5) is 20.1. The summed E-state index contributed by atoms with van der Waals surface area (Å²) < 4.78 is 0. The first-order chi connectivity index (χ1) is 10.5. The lowest BCUT2D eigenvalue weighted by Crippen LogP contribution is -2.32. The molecule has 0 aliphatic rings. The molecule has 0 saturated carbocycles. The van der Waals surface area contributed by atoms with Crippen molar-refractivity contribution in [2.45, 2.75) is 26.3 Å². The standard InChI is InChI=1S/C15H16Cl2N4O/c1-3-9(2)20-15(22)13-7-14(19-8-18-13)21-12-5-10(16)4-11(17)6-12/h4-9H,3H2,1-2H3,(H,20,22)(H,18,19,21). The minimum atomic E-state index is -0.232. The third-order valence-electron chi connectivity index (χ3n) is 3.02. The summed E-state index contributed by atoms with van der Waals surface area (Å²) >= 11 is 11.9. The lowest BCUT2D eigenvalue weighted by atomic mass is 10.2. The van der Waals surface area contributed by atoms with Crippen molar-refractivity contribution in [3.8, 4) is 0 Å². The topological polar surface area (TPSA) is 66.9 Å². The van der Waals surface area contributed by atoms with E-state index in [0.29, 0.717) is 27.2 Å². The Labute approximate surface area is 139 Å². The van der Waals surface area contributed by atoms with E-state index in [4.69, 9.17) is 23.2 Å². The quantitative estimate of drug-likeness (QED) is 0.862. The number of nitrogens with zero attached hydrogens (tertiary/aromatic N) is 2. The van der Waals surface area contributed by atoms with E-state index in [9.17, 15) is 4.79 Å². The minimum Gasteiger partial charge on any atom is -0.348 e. The highest BCUT2D eigenvalue weighted by atomic mass is 35.5. The molecule has 2 aromatic rings. The summed E-state index contributed by atoms with van der Waals surface area (Å²) in [7, 11) is 0. The second kappa shape index (κ2) is 7.42. The Morgan fingerprint density at radius 1 is 1.18 bits per heavy atom. The normalized spacial score (nSPS) is 11.8. The molecule has 22 heavy (non-hydrogen) atoms. The number of anilines is 2. The zero-order chi connectivity index (χ0) is 16.1. The summed E-state index contributed by atoms with van der Waals surface area (Å²) in [6.45, 7) is 3.94. The van der Waals surface area contributed by atoms with E-state index in [1.165, 1.54) is 6.33 Å². The molecule has 1 aromatic heterocycles. The highest BCUT2D eigenvalue weighted by molar-refractivity contribution is 6.35. The number of carbonyl (C=O) groups is 1. The second-order valence-corrected chi connectivity index (χ2v) is 5.73. The van der Waals surface area contributed by atoms with Crippen molar-refractivity contribution in [2.24, 2.45) is 0 Å². The Kier molecular flexibility index (Phi) is 5.57. The van der Waals surface area contributed by atoms with E-state index in [1.807, 2.05) is 13.8 Å². The molecule has 0 spiro atoms. The number of halogens is 2. The van der Waals surface area contributed by atoms with Crippen molar-refractivity contribution in [1.29, 1.82) is 0 Å². The molecule has 7 heteroatoms. The minimum absolute atomic E-state index is 0.0885. The molecule has 5 nitrogen and oxygen atoms in total. The molecule has 1 aromatic carbocycles. The molecule has 0 aliphatic carbocycles. The predicted octanol–water partition coefficient (Wildman–Crippen LogP) is 4.06. The summed E-state index contributed by atoms with van der Waals surface area (Å²) in [5.41, 5.74) is 0.982. The average Bonchev–Trinajstić information content (AvgIpc) is 2.46. The highest BCUT2D eigenvalue weighted by Crippen LogP contribution is 2.24. The van der Waals surface area contributed by atoms with Gasteiger partial charge in [0, 0.05) is 27.8 Å². The summed E-state index contributed by atoms with van der Waals surface area (Å²) in [5.74, 6) is 0.256. The van der Waals surface area contributed by atoms with Crippen LogP contribution in [0, 0.1) is 0 Å². The van der Waals surface area contributed by atoms with Crippen molar-refractivity contribution in [1.82, 2.24) is 15.3 Å². The predicted molar refractivity (Wildman–Crippen MR) is 89.0 cm³/mol. The maximum absolute atomic E-state index is 12.1. The van der Waals surface area contributed by atoms with Crippen LogP contribution in [-0.4, -0.2) is 21.9 Å². The van der Waals surface area contributed by atoms with Gasteiger partial charge in [0.15, 0.2) is 0 Å². The number of rotatable bonds is 5. The highest BCUT2D eigenvalue weighted by Gasteiger charge is 2.11. The van der Waals surface area contributed by atoms with Crippen LogP contribution in [0.3, 0.4) is 0 Å². The van der Waals surface area contributed by atoms with Gasteiger partial charge in [-0.3, -0.25) is 4.79 Å². The van der Waals surface area contributed by atoms with Gasteiger partial charge in [-0.05, 0) is 31.5 Å². The van der Waals surface area contributed by atoms with Gasteiger partial charge in [0.2, 0.25) is 0 Å². The molecule has 1 atom stereocenters. The van der Waals surface area contributed by atoms with Gasteiger partial charge >= 0.3 is 0 Å². The van der Waals surface area contributed by atoms with Crippen LogP contribution in [0.4, 0.5) is 11.5 Å². The van der Waals surface area contributed by atoms with Crippen molar-refractivity contribution in [2.75, 3.05) is 5.32 Å². The molecular weight excluding hydrogens is 323 g/mol. The molecule has 0 aliphatic heterocycles. The molecule has 0 fully saturated rings. The van der Waals surface area contributed by atoms with Crippen LogP contribution in [-0.2, 0) is 0 Å². The van der Waals surface area contributed by atoms with Crippen molar-refractivity contribution < 1.29 is 4.79 Å². The molecule has 2 rings (SSSR count). The number of amides is 1. The van der Waals surface area contributed by atoms with Crippen molar-refractivity contribution >= 4 is 40.6 Å². The van der Waals surface area contributed by atoms with E-state index in [0.717, 1.165) is 6.42 Å². The Morgan fingerprint density at radius 3 is 2.50 bits per heavy atom. The van der Waals surface area contributed by atoms with Gasteiger partial charge in [0.25, 0.3) is 5.91 Å². The second-order valence-electron chi connectivity index (χ2n) is 4.85. The first kappa shape index (κ1) is 16.5. The number of benzene rings is 1. The average molecular weight is 339 g/mol. The number of hydrogen-bond donors (Lipinski definition) is 2.